The summed E-state index contributed by atoms with van der Waals surface area (Å²) in [5.74, 6) is 0.808. The zero-order chi connectivity index (χ0) is 20.9. The fraction of sp³-hybridized carbons (Fsp3) is 0.458. The zero-order valence-electron chi connectivity index (χ0n) is 17.6. The van der Waals surface area contributed by atoms with Gasteiger partial charge in [0.05, 0.1) is 23.5 Å². The Morgan fingerprint density at radius 2 is 1.73 bits per heavy atom. The molecule has 0 atom stereocenters. The van der Waals surface area contributed by atoms with Crippen LogP contribution >= 0.6 is 11.6 Å². The van der Waals surface area contributed by atoms with Gasteiger partial charge < -0.3 is 19.9 Å². The predicted octanol–water partition coefficient (Wildman–Crippen LogP) is 5.18. The molecule has 2 aromatic rings. The van der Waals surface area contributed by atoms with Crippen LogP contribution in [0.4, 0.5) is 11.4 Å². The first-order chi connectivity index (χ1) is 14.7. The molecule has 30 heavy (non-hydrogen) atoms. The standard InChI is InChI=1S/C24H30ClN3O2/c1-30-23-8-4-3-7-22(23)26-21-10-9-18(17-20(21)25)24(29)28-15-11-19(12-16-28)27-13-5-2-6-14-27/h3-4,7-10,17,19,26H,2,5-6,11-16H2,1H3. The minimum Gasteiger partial charge on any atom is -0.495 e. The Morgan fingerprint density at radius 3 is 2.43 bits per heavy atom. The van der Waals surface area contributed by atoms with Gasteiger partial charge >= 0.3 is 0 Å². The maximum atomic E-state index is 13.0. The van der Waals surface area contributed by atoms with E-state index in [-0.39, 0.29) is 5.91 Å². The zero-order valence-corrected chi connectivity index (χ0v) is 18.3. The number of carbonyl (C=O) groups is 1. The molecule has 2 heterocycles. The number of methoxy groups -OCH3 is 1. The molecule has 0 spiro atoms. The molecular formula is C24H30ClN3O2. The highest BCUT2D eigenvalue weighted by Crippen LogP contribution is 2.32. The van der Waals surface area contributed by atoms with Gasteiger partial charge in [-0.2, -0.15) is 0 Å². The van der Waals surface area contributed by atoms with E-state index in [9.17, 15) is 4.79 Å². The highest BCUT2D eigenvalue weighted by Gasteiger charge is 2.28. The van der Waals surface area contributed by atoms with E-state index < -0.39 is 0 Å². The number of nitrogens with one attached hydrogen (secondary N) is 1. The molecule has 6 heteroatoms. The Labute approximate surface area is 184 Å². The van der Waals surface area contributed by atoms with Crippen LogP contribution in [0.3, 0.4) is 0 Å². The molecule has 2 aliphatic heterocycles. The minimum absolute atomic E-state index is 0.0674. The van der Waals surface area contributed by atoms with Crippen molar-refractivity contribution in [1.82, 2.24) is 9.80 Å². The SMILES string of the molecule is COc1ccccc1Nc1ccc(C(=O)N2CCC(N3CCCCC3)CC2)cc1Cl. The second-order valence-corrected chi connectivity index (χ2v) is 8.55. The van der Waals surface area contributed by atoms with E-state index in [4.69, 9.17) is 16.3 Å². The molecule has 4 rings (SSSR count). The van der Waals surface area contributed by atoms with Crippen LogP contribution in [0.2, 0.25) is 5.02 Å². The predicted molar refractivity (Wildman–Crippen MR) is 122 cm³/mol. The van der Waals surface area contributed by atoms with Crippen LogP contribution in [-0.4, -0.2) is 55.0 Å². The molecule has 2 fully saturated rings. The molecule has 0 radical (unpaired) electrons. The summed E-state index contributed by atoms with van der Waals surface area (Å²) in [4.78, 5) is 17.6. The summed E-state index contributed by atoms with van der Waals surface area (Å²) in [5, 5.41) is 3.82. The first-order valence-corrected chi connectivity index (χ1v) is 11.3. The summed E-state index contributed by atoms with van der Waals surface area (Å²) in [6.07, 6.45) is 6.11. The van der Waals surface area contributed by atoms with Gasteiger partial charge in [-0.25, -0.2) is 0 Å². The number of amides is 1. The van der Waals surface area contributed by atoms with E-state index in [1.54, 1.807) is 13.2 Å². The lowest BCUT2D eigenvalue weighted by Gasteiger charge is -2.40. The third-order valence-corrected chi connectivity index (χ3v) is 6.56. The van der Waals surface area contributed by atoms with Crippen LogP contribution in [0, 0.1) is 0 Å². The highest BCUT2D eigenvalue weighted by atomic mass is 35.5. The third-order valence-electron chi connectivity index (χ3n) is 6.25. The van der Waals surface area contributed by atoms with Crippen LogP contribution in [0.5, 0.6) is 5.75 Å². The van der Waals surface area contributed by atoms with E-state index >= 15 is 0 Å². The minimum atomic E-state index is 0.0674. The molecule has 1 amide bonds. The molecule has 0 bridgehead atoms. The maximum Gasteiger partial charge on any atom is 0.253 e. The van der Waals surface area contributed by atoms with Crippen molar-refractivity contribution in [3.05, 3.63) is 53.1 Å². The number of anilines is 2. The van der Waals surface area contributed by atoms with Crippen molar-refractivity contribution in [2.24, 2.45) is 0 Å². The number of halogens is 1. The lowest BCUT2D eigenvalue weighted by atomic mass is 9.99. The van der Waals surface area contributed by atoms with Crippen LogP contribution < -0.4 is 10.1 Å². The summed E-state index contributed by atoms with van der Waals surface area (Å²) in [7, 11) is 1.64. The van der Waals surface area contributed by atoms with E-state index in [1.165, 1.54) is 32.4 Å². The maximum absolute atomic E-state index is 13.0. The van der Waals surface area contributed by atoms with Crippen molar-refractivity contribution in [3.63, 3.8) is 0 Å². The molecule has 0 aliphatic carbocycles. The molecule has 160 valence electrons. The van der Waals surface area contributed by atoms with Gasteiger partial charge in [-0.3, -0.25) is 4.79 Å². The largest absolute Gasteiger partial charge is 0.495 e. The summed E-state index contributed by atoms with van der Waals surface area (Å²) >= 11 is 6.50. The average molecular weight is 428 g/mol. The lowest BCUT2D eigenvalue weighted by Crippen LogP contribution is -2.48. The second-order valence-electron chi connectivity index (χ2n) is 8.14. The smallest absolute Gasteiger partial charge is 0.253 e. The Balaban J connectivity index is 1.38. The van der Waals surface area contributed by atoms with Gasteiger partial charge in [0.2, 0.25) is 0 Å². The second kappa shape index (κ2) is 9.71. The molecule has 2 aromatic carbocycles. The summed E-state index contributed by atoms with van der Waals surface area (Å²) in [6.45, 7) is 4.07. The van der Waals surface area contributed by atoms with Gasteiger partial charge in [-0.15, -0.1) is 0 Å². The first kappa shape index (κ1) is 21.0. The fourth-order valence-corrected chi connectivity index (χ4v) is 4.77. The third kappa shape index (κ3) is 4.73. The number of ether oxygens (including phenoxy) is 1. The van der Waals surface area contributed by atoms with E-state index in [0.717, 1.165) is 43.1 Å². The molecule has 0 saturated carbocycles. The highest BCUT2D eigenvalue weighted by molar-refractivity contribution is 6.33. The molecule has 0 unspecified atom stereocenters. The van der Waals surface area contributed by atoms with Crippen LogP contribution in [0.15, 0.2) is 42.5 Å². The van der Waals surface area contributed by atoms with Gasteiger partial charge in [0.25, 0.3) is 5.91 Å². The Kier molecular flexibility index (Phi) is 6.80. The molecule has 1 N–H and O–H groups in total. The summed E-state index contributed by atoms with van der Waals surface area (Å²) < 4.78 is 5.38. The number of hydrogen-bond donors (Lipinski definition) is 1. The Hall–Kier alpha value is -2.24. The molecule has 2 aliphatic rings. The van der Waals surface area contributed by atoms with Gasteiger partial charge in [0.1, 0.15) is 5.75 Å². The number of nitrogens with zero attached hydrogens (tertiary/aromatic N) is 2. The molecule has 2 saturated heterocycles. The fourth-order valence-electron chi connectivity index (χ4n) is 4.54. The van der Waals surface area contributed by atoms with Crippen molar-refractivity contribution in [1.29, 1.82) is 0 Å². The van der Waals surface area contributed by atoms with Crippen molar-refractivity contribution in [2.75, 3.05) is 38.6 Å². The number of piperidine rings is 2. The van der Waals surface area contributed by atoms with Crippen LogP contribution in [0.1, 0.15) is 42.5 Å². The monoisotopic (exact) mass is 427 g/mol. The number of likely N-dealkylation sites (tertiary alicyclic amines) is 2. The van der Waals surface area contributed by atoms with Gasteiger partial charge in [-0.05, 0) is 69.1 Å². The van der Waals surface area contributed by atoms with Crippen molar-refractivity contribution in [2.45, 2.75) is 38.1 Å². The van der Waals surface area contributed by atoms with Crippen LogP contribution in [-0.2, 0) is 0 Å². The number of carbonyl (C=O) groups excluding carboxylic acids is 1. The van der Waals surface area contributed by atoms with Gasteiger partial charge in [0, 0.05) is 24.7 Å². The average Bonchev–Trinajstić information content (AvgIpc) is 2.81. The van der Waals surface area contributed by atoms with E-state index in [2.05, 4.69) is 10.2 Å². The van der Waals surface area contributed by atoms with Gasteiger partial charge in [0.15, 0.2) is 0 Å². The van der Waals surface area contributed by atoms with E-state index in [1.807, 2.05) is 41.3 Å². The molecule has 5 nitrogen and oxygen atoms in total. The van der Waals surface area contributed by atoms with Crippen molar-refractivity contribution >= 4 is 28.9 Å². The number of hydrogen-bond acceptors (Lipinski definition) is 4. The molecular weight excluding hydrogens is 398 g/mol. The lowest BCUT2D eigenvalue weighted by molar-refractivity contribution is 0.0590. The normalized spacial score (nSPS) is 18.3. The van der Waals surface area contributed by atoms with Crippen LogP contribution in [0.25, 0.3) is 0 Å². The first-order valence-electron chi connectivity index (χ1n) is 10.9. The number of benzene rings is 2. The number of para-hydroxylation sites is 2. The van der Waals surface area contributed by atoms with Gasteiger partial charge in [-0.1, -0.05) is 30.2 Å². The summed E-state index contributed by atoms with van der Waals surface area (Å²) in [5.41, 5.74) is 2.23. The number of rotatable bonds is 5. The topological polar surface area (TPSA) is 44.8 Å². The Bertz CT molecular complexity index is 875. The van der Waals surface area contributed by atoms with Crippen molar-refractivity contribution < 1.29 is 9.53 Å². The van der Waals surface area contributed by atoms with Crippen molar-refractivity contribution in [3.8, 4) is 5.75 Å². The van der Waals surface area contributed by atoms with E-state index in [0.29, 0.717) is 16.6 Å². The summed E-state index contributed by atoms with van der Waals surface area (Å²) in [6, 6.07) is 13.8. The Morgan fingerprint density at radius 1 is 1.00 bits per heavy atom. The molecule has 0 aromatic heterocycles. The quantitative estimate of drug-likeness (QED) is 0.713.